The standard InChI is InChI=1S/C12H18N2O4S/c1-6(5-15)14(4)12(18)13-10-9(11(16)17)7(2)8(3)19-10/h6,15H,5H2,1-4H3,(H,13,18)(H,16,17). The number of nitrogens with zero attached hydrogens (tertiary/aromatic N) is 1. The number of hydrogen-bond donors (Lipinski definition) is 3. The van der Waals surface area contributed by atoms with Gasteiger partial charge < -0.3 is 15.1 Å². The summed E-state index contributed by atoms with van der Waals surface area (Å²) in [6, 6.07) is -0.777. The van der Waals surface area contributed by atoms with Crippen molar-refractivity contribution >= 4 is 28.3 Å². The fourth-order valence-electron chi connectivity index (χ4n) is 1.48. The van der Waals surface area contributed by atoms with Crippen LogP contribution in [0.25, 0.3) is 0 Å². The summed E-state index contributed by atoms with van der Waals surface area (Å²) in [6.07, 6.45) is 0. The van der Waals surface area contributed by atoms with Crippen LogP contribution in [-0.2, 0) is 0 Å². The monoisotopic (exact) mass is 286 g/mol. The number of aromatic carboxylic acids is 1. The van der Waals surface area contributed by atoms with Crippen LogP contribution in [-0.4, -0.2) is 46.8 Å². The van der Waals surface area contributed by atoms with Crippen LogP contribution in [0, 0.1) is 13.8 Å². The maximum absolute atomic E-state index is 11.9. The van der Waals surface area contributed by atoms with Crippen LogP contribution >= 0.6 is 11.3 Å². The average Bonchev–Trinajstić information content (AvgIpc) is 2.62. The molecule has 1 rings (SSSR count). The molecule has 0 spiro atoms. The molecule has 1 heterocycles. The van der Waals surface area contributed by atoms with E-state index in [9.17, 15) is 9.59 Å². The number of aliphatic hydroxyl groups excluding tert-OH is 1. The fourth-order valence-corrected chi connectivity index (χ4v) is 2.52. The molecule has 19 heavy (non-hydrogen) atoms. The summed E-state index contributed by atoms with van der Waals surface area (Å²) in [6.45, 7) is 5.06. The number of carbonyl (C=O) groups excluding carboxylic acids is 1. The van der Waals surface area contributed by atoms with Crippen LogP contribution < -0.4 is 5.32 Å². The first-order valence-corrected chi connectivity index (χ1v) is 6.59. The second-order valence-electron chi connectivity index (χ2n) is 4.37. The summed E-state index contributed by atoms with van der Waals surface area (Å²) >= 11 is 1.23. The molecule has 0 radical (unpaired) electrons. The lowest BCUT2D eigenvalue weighted by Crippen LogP contribution is -2.40. The lowest BCUT2D eigenvalue weighted by Gasteiger charge is -2.23. The first kappa shape index (κ1) is 15.5. The van der Waals surface area contributed by atoms with Gasteiger partial charge >= 0.3 is 12.0 Å². The summed E-state index contributed by atoms with van der Waals surface area (Å²) in [5, 5.41) is 21.1. The van der Waals surface area contributed by atoms with E-state index in [1.807, 2.05) is 6.92 Å². The van der Waals surface area contributed by atoms with Gasteiger partial charge in [0.2, 0.25) is 0 Å². The Labute approximate surface area is 115 Å². The minimum atomic E-state index is -1.06. The van der Waals surface area contributed by atoms with Gasteiger partial charge in [-0.3, -0.25) is 5.32 Å². The van der Waals surface area contributed by atoms with Gasteiger partial charge in [0.25, 0.3) is 0 Å². The number of nitrogens with one attached hydrogen (secondary N) is 1. The zero-order chi connectivity index (χ0) is 14.7. The highest BCUT2D eigenvalue weighted by atomic mass is 32.1. The van der Waals surface area contributed by atoms with Gasteiger partial charge in [-0.05, 0) is 26.3 Å². The molecule has 0 saturated carbocycles. The zero-order valence-electron chi connectivity index (χ0n) is 11.4. The number of carbonyl (C=O) groups is 2. The van der Waals surface area contributed by atoms with Gasteiger partial charge in [-0.1, -0.05) is 0 Å². The normalized spacial score (nSPS) is 12.1. The highest BCUT2D eigenvalue weighted by molar-refractivity contribution is 7.16. The number of hydrogen-bond acceptors (Lipinski definition) is 4. The third-order valence-electron chi connectivity index (χ3n) is 3.07. The Hall–Kier alpha value is -1.60. The molecule has 106 valence electrons. The van der Waals surface area contributed by atoms with Crippen molar-refractivity contribution in [3.63, 3.8) is 0 Å². The Morgan fingerprint density at radius 3 is 2.47 bits per heavy atom. The number of likely N-dealkylation sites (N-methyl/N-ethyl adjacent to an activating group) is 1. The Morgan fingerprint density at radius 1 is 1.42 bits per heavy atom. The number of carboxylic acids is 1. The van der Waals surface area contributed by atoms with Crippen molar-refractivity contribution < 1.29 is 19.8 Å². The maximum atomic E-state index is 11.9. The molecule has 1 aromatic rings. The molecule has 0 saturated heterocycles. The molecule has 3 N–H and O–H groups in total. The molecule has 1 atom stereocenters. The van der Waals surface area contributed by atoms with E-state index in [0.29, 0.717) is 10.6 Å². The summed E-state index contributed by atoms with van der Waals surface area (Å²) in [7, 11) is 1.55. The summed E-state index contributed by atoms with van der Waals surface area (Å²) in [5.74, 6) is -1.06. The summed E-state index contributed by atoms with van der Waals surface area (Å²) in [4.78, 5) is 25.3. The molecular weight excluding hydrogens is 268 g/mol. The molecule has 0 fully saturated rings. The topological polar surface area (TPSA) is 89.9 Å². The minimum Gasteiger partial charge on any atom is -0.478 e. The molecule has 6 nitrogen and oxygen atoms in total. The van der Waals surface area contributed by atoms with E-state index in [4.69, 9.17) is 10.2 Å². The molecule has 7 heteroatoms. The van der Waals surface area contributed by atoms with E-state index >= 15 is 0 Å². The number of aryl methyl sites for hydroxylation is 1. The summed E-state index contributed by atoms with van der Waals surface area (Å²) < 4.78 is 0. The minimum absolute atomic E-state index is 0.126. The van der Waals surface area contributed by atoms with E-state index in [-0.39, 0.29) is 18.2 Å². The lowest BCUT2D eigenvalue weighted by molar-refractivity contribution is 0.0697. The Morgan fingerprint density at radius 2 is 2.00 bits per heavy atom. The number of thiophene rings is 1. The third kappa shape index (κ3) is 3.24. The van der Waals surface area contributed by atoms with E-state index in [1.54, 1.807) is 20.9 Å². The van der Waals surface area contributed by atoms with Crippen LogP contribution in [0.5, 0.6) is 0 Å². The molecule has 1 unspecified atom stereocenters. The predicted octanol–water partition coefficient (Wildman–Crippen LogP) is 1.91. The molecule has 0 aliphatic heterocycles. The Balaban J connectivity index is 2.97. The van der Waals surface area contributed by atoms with Gasteiger partial charge in [-0.2, -0.15) is 0 Å². The highest BCUT2D eigenvalue weighted by Gasteiger charge is 2.22. The second kappa shape index (κ2) is 6.03. The van der Waals surface area contributed by atoms with Gasteiger partial charge in [-0.15, -0.1) is 11.3 Å². The van der Waals surface area contributed by atoms with Gasteiger partial charge in [-0.25, -0.2) is 9.59 Å². The Kier molecular flexibility index (Phi) is 4.90. The number of rotatable bonds is 4. The van der Waals surface area contributed by atoms with Crippen molar-refractivity contribution in [3.05, 3.63) is 16.0 Å². The van der Waals surface area contributed by atoms with Crippen molar-refractivity contribution in [3.8, 4) is 0 Å². The number of aliphatic hydroxyl groups is 1. The van der Waals surface area contributed by atoms with Crippen molar-refractivity contribution in [2.75, 3.05) is 19.0 Å². The third-order valence-corrected chi connectivity index (χ3v) is 4.19. The van der Waals surface area contributed by atoms with E-state index in [2.05, 4.69) is 5.32 Å². The highest BCUT2D eigenvalue weighted by Crippen LogP contribution is 2.32. The number of carboxylic acid groups (broad SMARTS) is 1. The maximum Gasteiger partial charge on any atom is 0.338 e. The van der Waals surface area contributed by atoms with Crippen LogP contribution in [0.3, 0.4) is 0 Å². The van der Waals surface area contributed by atoms with Crippen molar-refractivity contribution in [1.29, 1.82) is 0 Å². The van der Waals surface area contributed by atoms with Gasteiger partial charge in [0, 0.05) is 11.9 Å². The molecular formula is C12H18N2O4S. The molecule has 0 bridgehead atoms. The number of amides is 2. The number of urea groups is 1. The first-order valence-electron chi connectivity index (χ1n) is 5.77. The van der Waals surface area contributed by atoms with Crippen LogP contribution in [0.2, 0.25) is 0 Å². The zero-order valence-corrected chi connectivity index (χ0v) is 12.2. The molecule has 0 aromatic carbocycles. The smallest absolute Gasteiger partial charge is 0.338 e. The molecule has 1 aromatic heterocycles. The SMILES string of the molecule is Cc1sc(NC(=O)N(C)C(C)CO)c(C(=O)O)c1C. The van der Waals surface area contributed by atoms with Gasteiger partial charge in [0.1, 0.15) is 5.00 Å². The number of anilines is 1. The van der Waals surface area contributed by atoms with E-state index in [0.717, 1.165) is 4.88 Å². The van der Waals surface area contributed by atoms with Crippen molar-refractivity contribution in [1.82, 2.24) is 4.90 Å². The average molecular weight is 286 g/mol. The van der Waals surface area contributed by atoms with Crippen molar-refractivity contribution in [2.24, 2.45) is 0 Å². The molecule has 0 aliphatic rings. The molecule has 2 amide bonds. The molecule has 0 aliphatic carbocycles. The van der Waals surface area contributed by atoms with Crippen LogP contribution in [0.15, 0.2) is 0 Å². The largest absolute Gasteiger partial charge is 0.478 e. The van der Waals surface area contributed by atoms with Crippen LogP contribution in [0.1, 0.15) is 27.7 Å². The summed E-state index contributed by atoms with van der Waals surface area (Å²) in [5.41, 5.74) is 0.784. The fraction of sp³-hybridized carbons (Fsp3) is 0.500. The van der Waals surface area contributed by atoms with Crippen molar-refractivity contribution in [2.45, 2.75) is 26.8 Å². The van der Waals surface area contributed by atoms with E-state index < -0.39 is 12.0 Å². The van der Waals surface area contributed by atoms with Gasteiger partial charge in [0.05, 0.1) is 18.2 Å². The van der Waals surface area contributed by atoms with Gasteiger partial charge in [0.15, 0.2) is 0 Å². The quantitative estimate of drug-likeness (QED) is 0.788. The van der Waals surface area contributed by atoms with E-state index in [1.165, 1.54) is 16.2 Å². The Bertz CT molecular complexity index is 498. The lowest BCUT2D eigenvalue weighted by atomic mass is 10.1. The predicted molar refractivity (Wildman–Crippen MR) is 74.1 cm³/mol. The second-order valence-corrected chi connectivity index (χ2v) is 5.59. The first-order chi connectivity index (χ1) is 8.79. The van der Waals surface area contributed by atoms with Crippen LogP contribution in [0.4, 0.5) is 9.80 Å².